The van der Waals surface area contributed by atoms with Gasteiger partial charge in [0.05, 0.1) is 12.3 Å². The Kier molecular flexibility index (Phi) is 6.28. The lowest BCUT2D eigenvalue weighted by Gasteiger charge is -2.23. The predicted molar refractivity (Wildman–Crippen MR) is 86.3 cm³/mol. The lowest BCUT2D eigenvalue weighted by Crippen LogP contribution is -2.30. The fraction of sp³-hybridized carbons (Fsp3) is 0.615. The van der Waals surface area contributed by atoms with E-state index in [2.05, 4.69) is 36.8 Å². The zero-order valence-electron chi connectivity index (χ0n) is 11.8. The van der Waals surface area contributed by atoms with Gasteiger partial charge in [0.25, 0.3) is 0 Å². The molecule has 0 fully saturated rings. The van der Waals surface area contributed by atoms with Crippen molar-refractivity contribution >= 4 is 38.0 Å². The molecule has 2 aromatic rings. The highest BCUT2D eigenvalue weighted by Gasteiger charge is 2.17. The molecule has 20 heavy (non-hydrogen) atoms. The molecule has 0 N–H and O–H groups in total. The van der Waals surface area contributed by atoms with Gasteiger partial charge in [-0.3, -0.25) is 4.40 Å². The molecule has 0 spiro atoms. The minimum Gasteiger partial charge on any atom is -0.385 e. The summed E-state index contributed by atoms with van der Waals surface area (Å²) in [4.78, 5) is 8.06. The van der Waals surface area contributed by atoms with Crippen LogP contribution in [0.3, 0.4) is 0 Å². The van der Waals surface area contributed by atoms with Crippen molar-refractivity contribution < 1.29 is 9.47 Å². The Morgan fingerprint density at radius 3 is 2.80 bits per heavy atom. The molecule has 0 unspecified atom stereocenters. The summed E-state index contributed by atoms with van der Waals surface area (Å²) in [6.07, 6.45) is 3.05. The lowest BCUT2D eigenvalue weighted by molar-refractivity contribution is 0.191. The summed E-state index contributed by atoms with van der Waals surface area (Å²) in [6, 6.07) is 0. The van der Waals surface area contributed by atoms with Gasteiger partial charge >= 0.3 is 0 Å². The van der Waals surface area contributed by atoms with Crippen LogP contribution in [0, 0.1) is 0 Å². The molecule has 0 saturated heterocycles. The van der Waals surface area contributed by atoms with E-state index in [1.54, 1.807) is 25.6 Å². The van der Waals surface area contributed by atoms with Crippen molar-refractivity contribution in [2.45, 2.75) is 11.8 Å². The minimum absolute atomic E-state index is 0.694. The van der Waals surface area contributed by atoms with Crippen molar-refractivity contribution in [2.24, 2.45) is 0 Å². The Morgan fingerprint density at radius 2 is 2.10 bits per heavy atom. The van der Waals surface area contributed by atoms with Gasteiger partial charge in [-0.05, 0) is 6.42 Å². The van der Waals surface area contributed by atoms with E-state index in [1.165, 1.54) is 5.69 Å². The predicted octanol–water partition coefficient (Wildman–Crippen LogP) is 2.78. The molecule has 0 atom stereocenters. The van der Waals surface area contributed by atoms with Crippen molar-refractivity contribution in [1.29, 1.82) is 0 Å². The highest BCUT2D eigenvalue weighted by Crippen LogP contribution is 2.26. The van der Waals surface area contributed by atoms with Crippen LogP contribution in [-0.4, -0.2) is 49.9 Å². The summed E-state index contributed by atoms with van der Waals surface area (Å²) in [5.41, 5.74) is 1.19. The third kappa shape index (κ3) is 3.52. The zero-order valence-corrected chi connectivity index (χ0v) is 14.2. The van der Waals surface area contributed by atoms with Gasteiger partial charge in [-0.1, -0.05) is 15.9 Å². The molecule has 0 aliphatic carbocycles. The Balaban J connectivity index is 2.21. The fourth-order valence-electron chi connectivity index (χ4n) is 2.12. The second-order valence-corrected chi connectivity index (χ2v) is 5.83. The Morgan fingerprint density at radius 1 is 1.30 bits per heavy atom. The van der Waals surface area contributed by atoms with E-state index >= 15 is 0 Å². The first kappa shape index (κ1) is 15.8. The SMILES string of the molecule is COCCCN(CCOC)c1nc2sccn2c1CBr. The maximum Gasteiger partial charge on any atom is 0.195 e. The molecule has 5 nitrogen and oxygen atoms in total. The molecule has 0 bridgehead atoms. The average molecular weight is 362 g/mol. The van der Waals surface area contributed by atoms with Crippen LogP contribution >= 0.6 is 27.3 Å². The summed E-state index contributed by atoms with van der Waals surface area (Å²) in [5.74, 6) is 1.04. The van der Waals surface area contributed by atoms with Crippen LogP contribution in [0.25, 0.3) is 4.96 Å². The molecule has 7 heteroatoms. The van der Waals surface area contributed by atoms with E-state index < -0.39 is 0 Å². The molecule has 112 valence electrons. The fourth-order valence-corrected chi connectivity index (χ4v) is 3.37. The maximum atomic E-state index is 5.21. The van der Waals surface area contributed by atoms with Gasteiger partial charge in [-0.25, -0.2) is 4.98 Å². The van der Waals surface area contributed by atoms with Crippen molar-refractivity contribution in [3.63, 3.8) is 0 Å². The van der Waals surface area contributed by atoms with Crippen LogP contribution in [-0.2, 0) is 14.8 Å². The zero-order chi connectivity index (χ0) is 14.4. The lowest BCUT2D eigenvalue weighted by atomic mass is 10.3. The molecule has 0 aliphatic rings. The molecule has 0 radical (unpaired) electrons. The Labute approximate surface area is 131 Å². The van der Waals surface area contributed by atoms with Crippen molar-refractivity contribution in [2.75, 3.05) is 45.4 Å². The highest BCUT2D eigenvalue weighted by atomic mass is 79.9. The van der Waals surface area contributed by atoms with Gasteiger partial charge in [0.2, 0.25) is 0 Å². The van der Waals surface area contributed by atoms with Crippen LogP contribution < -0.4 is 4.90 Å². The number of alkyl halides is 1. The maximum absolute atomic E-state index is 5.21. The third-order valence-corrected chi connectivity index (χ3v) is 4.40. The highest BCUT2D eigenvalue weighted by molar-refractivity contribution is 9.08. The molecule has 0 aromatic carbocycles. The number of rotatable bonds is 9. The van der Waals surface area contributed by atoms with E-state index in [4.69, 9.17) is 14.5 Å². The number of aromatic nitrogens is 2. The minimum atomic E-state index is 0.694. The smallest absolute Gasteiger partial charge is 0.195 e. The first-order chi connectivity index (χ1) is 9.81. The number of fused-ring (bicyclic) bond motifs is 1. The number of hydrogen-bond donors (Lipinski definition) is 0. The Bertz CT molecular complexity index is 529. The normalized spacial score (nSPS) is 11.3. The molecule has 2 aromatic heterocycles. The monoisotopic (exact) mass is 361 g/mol. The second kappa shape index (κ2) is 7.97. The van der Waals surface area contributed by atoms with E-state index in [0.717, 1.165) is 42.2 Å². The number of ether oxygens (including phenoxy) is 2. The van der Waals surface area contributed by atoms with Gasteiger partial charge in [0, 0.05) is 50.8 Å². The summed E-state index contributed by atoms with van der Waals surface area (Å²) in [5, 5.41) is 2.84. The van der Waals surface area contributed by atoms with Gasteiger partial charge in [0.1, 0.15) is 0 Å². The third-order valence-electron chi connectivity index (χ3n) is 3.11. The van der Waals surface area contributed by atoms with Gasteiger partial charge in [-0.15, -0.1) is 11.3 Å². The Hall–Kier alpha value is -0.630. The summed E-state index contributed by atoms with van der Waals surface area (Å²) in [6.45, 7) is 3.21. The molecule has 2 heterocycles. The van der Waals surface area contributed by atoms with Gasteiger partial charge in [0.15, 0.2) is 10.8 Å². The van der Waals surface area contributed by atoms with Crippen molar-refractivity contribution in [3.05, 3.63) is 17.3 Å². The molecular weight excluding hydrogens is 342 g/mol. The number of hydrogen-bond acceptors (Lipinski definition) is 5. The summed E-state index contributed by atoms with van der Waals surface area (Å²) >= 11 is 5.23. The number of thiazole rings is 1. The van der Waals surface area contributed by atoms with Crippen LogP contribution in [0.4, 0.5) is 5.82 Å². The second-order valence-electron chi connectivity index (χ2n) is 4.40. The summed E-state index contributed by atoms with van der Waals surface area (Å²) < 4.78 is 12.5. The van der Waals surface area contributed by atoms with Gasteiger partial charge in [-0.2, -0.15) is 0 Å². The van der Waals surface area contributed by atoms with Crippen LogP contribution in [0.1, 0.15) is 12.1 Å². The van der Waals surface area contributed by atoms with E-state index in [9.17, 15) is 0 Å². The van der Waals surface area contributed by atoms with Crippen molar-refractivity contribution in [1.82, 2.24) is 9.38 Å². The molecule has 0 amide bonds. The largest absolute Gasteiger partial charge is 0.385 e. The van der Waals surface area contributed by atoms with Crippen LogP contribution in [0.15, 0.2) is 11.6 Å². The van der Waals surface area contributed by atoms with Crippen molar-refractivity contribution in [3.8, 4) is 0 Å². The standard InChI is InChI=1S/C13H20BrN3O2S/c1-18-7-3-4-16(5-8-19-2)12-11(10-14)17-6-9-20-13(17)15-12/h6,9H,3-5,7-8,10H2,1-2H3. The van der Waals surface area contributed by atoms with E-state index in [0.29, 0.717) is 6.61 Å². The van der Waals surface area contributed by atoms with Gasteiger partial charge < -0.3 is 14.4 Å². The number of anilines is 1. The average Bonchev–Trinajstić information content (AvgIpc) is 3.02. The van der Waals surface area contributed by atoms with E-state index in [1.807, 2.05) is 0 Å². The number of methoxy groups -OCH3 is 2. The molecular formula is C13H20BrN3O2S. The number of halogens is 1. The topological polar surface area (TPSA) is 39.0 Å². The van der Waals surface area contributed by atoms with E-state index in [-0.39, 0.29) is 0 Å². The quantitative estimate of drug-likeness (QED) is 0.508. The number of nitrogens with zero attached hydrogens (tertiary/aromatic N) is 3. The molecule has 0 saturated carbocycles. The first-order valence-corrected chi connectivity index (χ1v) is 8.55. The van der Waals surface area contributed by atoms with Crippen LogP contribution in [0.2, 0.25) is 0 Å². The number of imidazole rings is 1. The molecule has 2 rings (SSSR count). The summed E-state index contributed by atoms with van der Waals surface area (Å²) in [7, 11) is 3.46. The molecule has 0 aliphatic heterocycles. The van der Waals surface area contributed by atoms with Crippen LogP contribution in [0.5, 0.6) is 0 Å². The first-order valence-electron chi connectivity index (χ1n) is 6.55.